The molecule has 1 saturated heterocycles. The molecule has 2 N–H and O–H groups in total. The van der Waals surface area contributed by atoms with E-state index in [-0.39, 0.29) is 11.9 Å². The minimum Gasteiger partial charge on any atom is -0.457 e. The maximum absolute atomic E-state index is 11.9. The number of para-hydroxylation sites is 1. The van der Waals surface area contributed by atoms with Gasteiger partial charge in [-0.2, -0.15) is 0 Å². The second-order valence-electron chi connectivity index (χ2n) is 7.84. The SMILES string of the molecule is CC#CC(=O)NC1CCN(c2ncnc3[nH]cc(-c4ccc(Oc5ccccc5)cc4)c23)C1. The average Bonchev–Trinajstić information content (AvgIpc) is 3.48. The molecule has 1 fully saturated rings. The number of fused-ring (bicyclic) bond motifs is 1. The Labute approximate surface area is 191 Å². The fourth-order valence-corrected chi connectivity index (χ4v) is 4.15. The summed E-state index contributed by atoms with van der Waals surface area (Å²) in [6.07, 6.45) is 4.37. The van der Waals surface area contributed by atoms with Gasteiger partial charge >= 0.3 is 0 Å². The topological polar surface area (TPSA) is 83.1 Å². The molecule has 3 heterocycles. The number of carbonyl (C=O) groups excluding carboxylic acids is 1. The lowest BCUT2D eigenvalue weighted by Crippen LogP contribution is -2.36. The van der Waals surface area contributed by atoms with E-state index in [1.54, 1.807) is 13.3 Å². The molecule has 1 aliphatic heterocycles. The molecule has 2 aromatic carbocycles. The zero-order valence-electron chi connectivity index (χ0n) is 18.2. The Morgan fingerprint density at radius 1 is 1.12 bits per heavy atom. The highest BCUT2D eigenvalue weighted by Crippen LogP contribution is 2.35. The number of amides is 1. The summed E-state index contributed by atoms with van der Waals surface area (Å²) >= 11 is 0. The molecular weight excluding hydrogens is 414 g/mol. The fraction of sp³-hybridized carbons (Fsp3) is 0.192. The molecule has 2 aromatic heterocycles. The average molecular weight is 438 g/mol. The Kier molecular flexibility index (Phi) is 5.64. The van der Waals surface area contributed by atoms with Gasteiger partial charge in [-0.05, 0) is 49.1 Å². The number of aromatic nitrogens is 3. The third-order valence-corrected chi connectivity index (χ3v) is 5.66. The summed E-state index contributed by atoms with van der Waals surface area (Å²) in [5.74, 6) is 7.38. The third kappa shape index (κ3) is 4.37. The summed E-state index contributed by atoms with van der Waals surface area (Å²) in [5, 5.41) is 3.94. The molecule has 7 nitrogen and oxygen atoms in total. The van der Waals surface area contributed by atoms with E-state index in [0.717, 1.165) is 52.4 Å². The first-order valence-corrected chi connectivity index (χ1v) is 10.8. The summed E-state index contributed by atoms with van der Waals surface area (Å²) < 4.78 is 5.92. The summed E-state index contributed by atoms with van der Waals surface area (Å²) in [5.41, 5.74) is 2.85. The van der Waals surface area contributed by atoms with Crippen LogP contribution in [0.3, 0.4) is 0 Å². The van der Waals surface area contributed by atoms with Crippen molar-refractivity contribution in [1.29, 1.82) is 0 Å². The highest BCUT2D eigenvalue weighted by Gasteiger charge is 2.27. The number of hydrogen-bond donors (Lipinski definition) is 2. The number of ether oxygens (including phenoxy) is 1. The summed E-state index contributed by atoms with van der Waals surface area (Å²) in [6.45, 7) is 3.13. The first-order chi connectivity index (χ1) is 16.2. The molecule has 1 aliphatic rings. The van der Waals surface area contributed by atoms with E-state index in [1.807, 2.05) is 60.8 Å². The number of rotatable bonds is 5. The van der Waals surface area contributed by atoms with Crippen molar-refractivity contribution in [1.82, 2.24) is 20.3 Å². The van der Waals surface area contributed by atoms with Gasteiger partial charge in [-0.3, -0.25) is 4.79 Å². The lowest BCUT2D eigenvalue weighted by atomic mass is 10.1. The Bertz CT molecular complexity index is 1340. The van der Waals surface area contributed by atoms with Crippen LogP contribution in [0, 0.1) is 11.8 Å². The lowest BCUT2D eigenvalue weighted by Gasteiger charge is -2.19. The van der Waals surface area contributed by atoms with Crippen molar-refractivity contribution < 1.29 is 9.53 Å². The van der Waals surface area contributed by atoms with Gasteiger partial charge in [0.15, 0.2) is 0 Å². The van der Waals surface area contributed by atoms with E-state index in [1.165, 1.54) is 0 Å². The normalized spacial score (nSPS) is 15.2. The van der Waals surface area contributed by atoms with E-state index >= 15 is 0 Å². The van der Waals surface area contributed by atoms with E-state index in [2.05, 4.69) is 37.0 Å². The molecule has 33 heavy (non-hydrogen) atoms. The Morgan fingerprint density at radius 3 is 2.70 bits per heavy atom. The molecule has 0 spiro atoms. The molecule has 0 radical (unpaired) electrons. The van der Waals surface area contributed by atoms with E-state index < -0.39 is 0 Å². The maximum Gasteiger partial charge on any atom is 0.296 e. The van der Waals surface area contributed by atoms with Crippen molar-refractivity contribution in [3.8, 4) is 34.5 Å². The van der Waals surface area contributed by atoms with Crippen LogP contribution >= 0.6 is 0 Å². The lowest BCUT2D eigenvalue weighted by molar-refractivity contribution is -0.116. The molecular formula is C26H23N5O2. The number of carbonyl (C=O) groups is 1. The predicted octanol–water partition coefficient (Wildman–Crippen LogP) is 4.14. The molecule has 1 amide bonds. The van der Waals surface area contributed by atoms with Crippen LogP contribution in [0.4, 0.5) is 5.82 Å². The number of hydrogen-bond acceptors (Lipinski definition) is 5. The zero-order chi connectivity index (χ0) is 22.6. The van der Waals surface area contributed by atoms with Crippen molar-refractivity contribution in [2.45, 2.75) is 19.4 Å². The van der Waals surface area contributed by atoms with Gasteiger partial charge in [0, 0.05) is 30.9 Å². The number of H-pyrrole nitrogens is 1. The largest absolute Gasteiger partial charge is 0.457 e. The van der Waals surface area contributed by atoms with Gasteiger partial charge in [0.25, 0.3) is 5.91 Å². The first kappa shape index (κ1) is 20.6. The number of aromatic amines is 1. The molecule has 0 aliphatic carbocycles. The number of benzene rings is 2. The van der Waals surface area contributed by atoms with E-state index in [4.69, 9.17) is 4.74 Å². The minimum atomic E-state index is -0.239. The van der Waals surface area contributed by atoms with Crippen molar-refractivity contribution in [2.24, 2.45) is 0 Å². The van der Waals surface area contributed by atoms with Gasteiger partial charge in [-0.1, -0.05) is 36.3 Å². The molecule has 7 heteroatoms. The highest BCUT2D eigenvalue weighted by molar-refractivity contribution is 6.01. The number of anilines is 1. The van der Waals surface area contributed by atoms with Crippen LogP contribution in [0.15, 0.2) is 67.1 Å². The van der Waals surface area contributed by atoms with Gasteiger partial charge in [-0.15, -0.1) is 0 Å². The van der Waals surface area contributed by atoms with Crippen molar-refractivity contribution >= 4 is 22.8 Å². The Hall–Kier alpha value is -4.31. The molecule has 164 valence electrons. The van der Waals surface area contributed by atoms with Crippen LogP contribution in [0.25, 0.3) is 22.2 Å². The molecule has 0 saturated carbocycles. The predicted molar refractivity (Wildman–Crippen MR) is 128 cm³/mol. The van der Waals surface area contributed by atoms with Gasteiger partial charge < -0.3 is 19.9 Å². The van der Waals surface area contributed by atoms with Gasteiger partial charge in [-0.25, -0.2) is 9.97 Å². The monoisotopic (exact) mass is 437 g/mol. The minimum absolute atomic E-state index is 0.0418. The van der Waals surface area contributed by atoms with Gasteiger partial charge in [0.05, 0.1) is 5.39 Å². The van der Waals surface area contributed by atoms with Crippen LogP contribution in [0.2, 0.25) is 0 Å². The Morgan fingerprint density at radius 2 is 1.91 bits per heavy atom. The van der Waals surface area contributed by atoms with Crippen molar-refractivity contribution in [3.05, 3.63) is 67.1 Å². The van der Waals surface area contributed by atoms with Crippen molar-refractivity contribution in [2.75, 3.05) is 18.0 Å². The zero-order valence-corrected chi connectivity index (χ0v) is 18.2. The molecule has 5 rings (SSSR count). The number of nitrogens with zero attached hydrogens (tertiary/aromatic N) is 3. The van der Waals surface area contributed by atoms with Crippen LogP contribution in [-0.2, 0) is 4.79 Å². The molecule has 0 bridgehead atoms. The molecule has 1 atom stereocenters. The smallest absolute Gasteiger partial charge is 0.296 e. The molecule has 1 unspecified atom stereocenters. The van der Waals surface area contributed by atoms with E-state index in [9.17, 15) is 4.79 Å². The quantitative estimate of drug-likeness (QED) is 0.459. The third-order valence-electron chi connectivity index (χ3n) is 5.66. The highest BCUT2D eigenvalue weighted by atomic mass is 16.5. The number of nitrogens with one attached hydrogen (secondary N) is 2. The first-order valence-electron chi connectivity index (χ1n) is 10.8. The standard InChI is InChI=1S/C26H23N5O2/c1-2-6-23(32)30-19-13-14-31(16-19)26-24-22(15-27-25(24)28-17-29-26)18-9-11-21(12-10-18)33-20-7-4-3-5-8-20/h3-5,7-12,15,17,19H,13-14,16H2,1H3,(H,30,32)(H,27,28,29). The van der Waals surface area contributed by atoms with E-state index in [0.29, 0.717) is 6.54 Å². The second kappa shape index (κ2) is 9.05. The van der Waals surface area contributed by atoms with Gasteiger partial charge in [0.1, 0.15) is 29.3 Å². The summed E-state index contributed by atoms with van der Waals surface area (Å²) in [4.78, 5) is 26.3. The maximum atomic E-state index is 11.9. The van der Waals surface area contributed by atoms with Crippen LogP contribution in [-0.4, -0.2) is 40.0 Å². The summed E-state index contributed by atoms with van der Waals surface area (Å²) in [6, 6.07) is 17.7. The Balaban J connectivity index is 1.40. The van der Waals surface area contributed by atoms with Crippen LogP contribution < -0.4 is 15.0 Å². The van der Waals surface area contributed by atoms with Crippen molar-refractivity contribution in [3.63, 3.8) is 0 Å². The second-order valence-corrected chi connectivity index (χ2v) is 7.84. The van der Waals surface area contributed by atoms with Crippen LogP contribution in [0.5, 0.6) is 11.5 Å². The van der Waals surface area contributed by atoms with Crippen LogP contribution in [0.1, 0.15) is 13.3 Å². The van der Waals surface area contributed by atoms with Gasteiger partial charge in [0.2, 0.25) is 0 Å². The molecule has 4 aromatic rings. The summed E-state index contributed by atoms with van der Waals surface area (Å²) in [7, 11) is 0. The fourth-order valence-electron chi connectivity index (χ4n) is 4.15.